The van der Waals surface area contributed by atoms with Crippen molar-refractivity contribution in [3.05, 3.63) is 62.2 Å². The lowest BCUT2D eigenvalue weighted by molar-refractivity contribution is -0.139. The first kappa shape index (κ1) is 17.6. The fourth-order valence-corrected chi connectivity index (χ4v) is 5.07. The standard InChI is InChI=1S/C19H16Br2N2O3/c1-26-18-12(6-9(20)7-13(18)21)17-16-11(8-15(23-17)19(24)25)10-4-2-3-5-14(10)22-16/h2-7,15,17,22-23H,8H2,1H3,(H,24,25)/t15-,17+/m0/s1. The molecular weight excluding hydrogens is 464 g/mol. The number of H-pyrrole nitrogens is 1. The number of halogens is 2. The molecule has 1 aliphatic heterocycles. The minimum Gasteiger partial charge on any atom is -0.495 e. The number of carboxylic acid groups (broad SMARTS) is 1. The normalized spacial score (nSPS) is 19.3. The van der Waals surface area contributed by atoms with Gasteiger partial charge in [-0.25, -0.2) is 0 Å². The molecule has 3 N–H and O–H groups in total. The molecule has 1 aliphatic rings. The van der Waals surface area contributed by atoms with Gasteiger partial charge in [-0.2, -0.15) is 0 Å². The molecule has 0 amide bonds. The third-order valence-corrected chi connectivity index (χ3v) is 5.81. The van der Waals surface area contributed by atoms with E-state index in [1.807, 2.05) is 36.4 Å². The van der Waals surface area contributed by atoms with Crippen molar-refractivity contribution >= 4 is 48.7 Å². The zero-order chi connectivity index (χ0) is 18.4. The molecule has 0 unspecified atom stereocenters. The molecule has 0 spiro atoms. The first-order valence-corrected chi connectivity index (χ1v) is 9.69. The summed E-state index contributed by atoms with van der Waals surface area (Å²) in [6, 6.07) is 10.9. The lowest BCUT2D eigenvalue weighted by Crippen LogP contribution is -2.45. The number of carbonyl (C=O) groups is 1. The van der Waals surface area contributed by atoms with Gasteiger partial charge in [-0.15, -0.1) is 0 Å². The van der Waals surface area contributed by atoms with Crippen LogP contribution in [0.4, 0.5) is 0 Å². The SMILES string of the molecule is COc1c(Br)cc(Br)cc1[C@H]1N[C@H](C(=O)O)Cc2c1[nH]c1ccccc21. The summed E-state index contributed by atoms with van der Waals surface area (Å²) in [6.07, 6.45) is 0.433. The largest absolute Gasteiger partial charge is 0.495 e. The second kappa shape index (κ2) is 6.72. The molecule has 4 rings (SSSR count). The van der Waals surface area contributed by atoms with Crippen LogP contribution < -0.4 is 10.1 Å². The van der Waals surface area contributed by atoms with Crippen molar-refractivity contribution < 1.29 is 14.6 Å². The molecule has 7 heteroatoms. The summed E-state index contributed by atoms with van der Waals surface area (Å²) in [6.45, 7) is 0. The number of nitrogens with one attached hydrogen (secondary N) is 2. The van der Waals surface area contributed by atoms with E-state index in [4.69, 9.17) is 4.74 Å². The first-order chi connectivity index (χ1) is 12.5. The van der Waals surface area contributed by atoms with Crippen LogP contribution in [0.3, 0.4) is 0 Å². The summed E-state index contributed by atoms with van der Waals surface area (Å²) < 4.78 is 7.29. The van der Waals surface area contributed by atoms with Crippen LogP contribution in [0.15, 0.2) is 45.3 Å². The van der Waals surface area contributed by atoms with Crippen LogP contribution in [0.2, 0.25) is 0 Å². The molecule has 3 aromatic rings. The molecule has 2 aromatic carbocycles. The number of hydrogen-bond donors (Lipinski definition) is 3. The van der Waals surface area contributed by atoms with E-state index in [0.29, 0.717) is 12.2 Å². The number of methoxy groups -OCH3 is 1. The molecule has 0 fully saturated rings. The van der Waals surface area contributed by atoms with Crippen LogP contribution >= 0.6 is 31.9 Å². The van der Waals surface area contributed by atoms with Gasteiger partial charge in [0.1, 0.15) is 11.8 Å². The number of carboxylic acids is 1. The molecule has 0 saturated carbocycles. The molecule has 0 aliphatic carbocycles. The molecule has 0 radical (unpaired) electrons. The van der Waals surface area contributed by atoms with Gasteiger partial charge in [0.05, 0.1) is 17.6 Å². The summed E-state index contributed by atoms with van der Waals surface area (Å²) in [5, 5.41) is 14.0. The molecule has 26 heavy (non-hydrogen) atoms. The fraction of sp³-hybridized carbons (Fsp3) is 0.211. The molecule has 2 heterocycles. The van der Waals surface area contributed by atoms with Crippen LogP contribution in [0.5, 0.6) is 5.75 Å². The predicted molar refractivity (Wildman–Crippen MR) is 107 cm³/mol. The molecule has 1 aromatic heterocycles. The number of aliphatic carboxylic acids is 1. The lowest BCUT2D eigenvalue weighted by atomic mass is 9.90. The predicted octanol–water partition coefficient (Wildman–Crippen LogP) is 4.39. The van der Waals surface area contributed by atoms with Crippen molar-refractivity contribution in [3.63, 3.8) is 0 Å². The number of fused-ring (bicyclic) bond motifs is 3. The second-order valence-corrected chi connectivity index (χ2v) is 8.04. The number of benzene rings is 2. The Kier molecular flexibility index (Phi) is 4.54. The Morgan fingerprint density at radius 3 is 2.77 bits per heavy atom. The van der Waals surface area contributed by atoms with Crippen LogP contribution in [0.1, 0.15) is 22.9 Å². The lowest BCUT2D eigenvalue weighted by Gasteiger charge is -2.30. The Balaban J connectivity index is 1.96. The Bertz CT molecular complexity index is 1020. The Morgan fingerprint density at radius 1 is 1.27 bits per heavy atom. The monoisotopic (exact) mass is 478 g/mol. The van der Waals surface area contributed by atoms with Gasteiger partial charge in [0.25, 0.3) is 0 Å². The Morgan fingerprint density at radius 2 is 2.04 bits per heavy atom. The van der Waals surface area contributed by atoms with Gasteiger partial charge in [0, 0.05) is 33.1 Å². The van der Waals surface area contributed by atoms with E-state index in [1.165, 1.54) is 0 Å². The van der Waals surface area contributed by atoms with E-state index in [0.717, 1.165) is 36.7 Å². The number of ether oxygens (including phenoxy) is 1. The highest BCUT2D eigenvalue weighted by Gasteiger charge is 2.35. The topological polar surface area (TPSA) is 74.3 Å². The number of aromatic amines is 1. The molecule has 5 nitrogen and oxygen atoms in total. The number of hydrogen-bond acceptors (Lipinski definition) is 3. The average Bonchev–Trinajstić information content (AvgIpc) is 2.99. The van der Waals surface area contributed by atoms with E-state index in [9.17, 15) is 9.90 Å². The minimum atomic E-state index is -0.862. The van der Waals surface area contributed by atoms with E-state index in [-0.39, 0.29) is 6.04 Å². The van der Waals surface area contributed by atoms with Gasteiger partial charge in [-0.1, -0.05) is 34.1 Å². The van der Waals surface area contributed by atoms with Gasteiger partial charge in [0.2, 0.25) is 0 Å². The maximum atomic E-state index is 11.8. The van der Waals surface area contributed by atoms with Crippen LogP contribution in [0.25, 0.3) is 10.9 Å². The first-order valence-electron chi connectivity index (χ1n) is 8.11. The van der Waals surface area contributed by atoms with Crippen molar-refractivity contribution in [2.45, 2.75) is 18.5 Å². The van der Waals surface area contributed by atoms with Crippen molar-refractivity contribution in [2.24, 2.45) is 0 Å². The van der Waals surface area contributed by atoms with Crippen molar-refractivity contribution in [1.29, 1.82) is 0 Å². The third-order valence-electron chi connectivity index (χ3n) is 4.76. The second-order valence-electron chi connectivity index (χ2n) is 6.27. The maximum absolute atomic E-state index is 11.8. The van der Waals surface area contributed by atoms with E-state index < -0.39 is 12.0 Å². The smallest absolute Gasteiger partial charge is 0.321 e. The Labute approximate surface area is 167 Å². The van der Waals surface area contributed by atoms with Crippen LogP contribution in [-0.4, -0.2) is 29.2 Å². The molecule has 0 bridgehead atoms. The zero-order valence-electron chi connectivity index (χ0n) is 13.8. The molecule has 2 atom stereocenters. The highest BCUT2D eigenvalue weighted by molar-refractivity contribution is 9.11. The van der Waals surface area contributed by atoms with Gasteiger partial charge in [-0.3, -0.25) is 10.1 Å². The Hall–Kier alpha value is -1.83. The number of aromatic nitrogens is 1. The maximum Gasteiger partial charge on any atom is 0.321 e. The van der Waals surface area contributed by atoms with E-state index in [2.05, 4.69) is 42.2 Å². The van der Waals surface area contributed by atoms with Crippen molar-refractivity contribution in [1.82, 2.24) is 10.3 Å². The molecule has 0 saturated heterocycles. The zero-order valence-corrected chi connectivity index (χ0v) is 17.0. The number of para-hydroxylation sites is 1. The molecular formula is C19H16Br2N2O3. The van der Waals surface area contributed by atoms with Crippen LogP contribution in [0, 0.1) is 0 Å². The third kappa shape index (κ3) is 2.84. The van der Waals surface area contributed by atoms with Gasteiger partial charge < -0.3 is 14.8 Å². The summed E-state index contributed by atoms with van der Waals surface area (Å²) in [5.74, 6) is -0.180. The average molecular weight is 480 g/mol. The van der Waals surface area contributed by atoms with Gasteiger partial charge in [-0.05, 0) is 39.7 Å². The highest BCUT2D eigenvalue weighted by Crippen LogP contribution is 2.42. The summed E-state index contributed by atoms with van der Waals surface area (Å²) >= 11 is 7.06. The van der Waals surface area contributed by atoms with E-state index >= 15 is 0 Å². The summed E-state index contributed by atoms with van der Waals surface area (Å²) in [5.41, 5.74) is 3.89. The van der Waals surface area contributed by atoms with Crippen molar-refractivity contribution in [2.75, 3.05) is 7.11 Å². The van der Waals surface area contributed by atoms with Crippen LogP contribution in [-0.2, 0) is 11.2 Å². The van der Waals surface area contributed by atoms with Gasteiger partial charge >= 0.3 is 5.97 Å². The van der Waals surface area contributed by atoms with Crippen molar-refractivity contribution in [3.8, 4) is 5.75 Å². The molecule has 134 valence electrons. The summed E-state index contributed by atoms with van der Waals surface area (Å²) in [4.78, 5) is 15.2. The quantitative estimate of drug-likeness (QED) is 0.520. The van der Waals surface area contributed by atoms with Gasteiger partial charge in [0.15, 0.2) is 0 Å². The summed E-state index contributed by atoms with van der Waals surface area (Å²) in [7, 11) is 1.61. The fourth-order valence-electron chi connectivity index (χ4n) is 3.65. The highest BCUT2D eigenvalue weighted by atomic mass is 79.9. The number of rotatable bonds is 3. The van der Waals surface area contributed by atoms with E-state index in [1.54, 1.807) is 7.11 Å². The minimum absolute atomic E-state index is 0.323.